The van der Waals surface area contributed by atoms with E-state index in [4.69, 9.17) is 9.47 Å². The van der Waals surface area contributed by atoms with Crippen molar-refractivity contribution < 1.29 is 39.2 Å². The number of Topliss-reactive ketones (excluding diaryl/α,β-unsaturated/α-hetero) is 1. The van der Waals surface area contributed by atoms with Crippen LogP contribution in [0.1, 0.15) is 92.1 Å². The zero-order chi connectivity index (χ0) is 32.3. The van der Waals surface area contributed by atoms with Gasteiger partial charge in [0.25, 0.3) is 0 Å². The Morgan fingerprint density at radius 1 is 1.05 bits per heavy atom. The van der Waals surface area contributed by atoms with Crippen LogP contribution in [0.5, 0.6) is 0 Å². The van der Waals surface area contributed by atoms with Crippen molar-refractivity contribution in [3.8, 4) is 0 Å². The summed E-state index contributed by atoms with van der Waals surface area (Å²) in [6, 6.07) is 3.56. The number of carbonyl (C=O) groups excluding carboxylic acids is 3. The predicted molar refractivity (Wildman–Crippen MR) is 162 cm³/mol. The molecule has 1 aromatic heterocycles. The molecule has 240 valence electrons. The Balaban J connectivity index is 1.47. The maximum Gasteiger partial charge on any atom is 0.330 e. The van der Waals surface area contributed by atoms with E-state index >= 15 is 0 Å². The van der Waals surface area contributed by atoms with Crippen LogP contribution >= 0.6 is 0 Å². The molecule has 5 rings (SSSR count). The highest BCUT2D eigenvalue weighted by Crippen LogP contribution is 2.71. The Kier molecular flexibility index (Phi) is 8.26. The molecule has 0 bridgehead atoms. The summed E-state index contributed by atoms with van der Waals surface area (Å²) in [7, 11) is 0. The van der Waals surface area contributed by atoms with Crippen molar-refractivity contribution in [2.45, 2.75) is 122 Å². The second-order valence-electron chi connectivity index (χ2n) is 14.4. The van der Waals surface area contributed by atoms with Crippen LogP contribution in [-0.4, -0.2) is 67.0 Å². The van der Waals surface area contributed by atoms with E-state index in [-0.39, 0.29) is 50.1 Å². The number of ketones is 1. The molecule has 1 aromatic rings. The first-order chi connectivity index (χ1) is 20.5. The fourth-order valence-corrected chi connectivity index (χ4v) is 8.88. The van der Waals surface area contributed by atoms with Gasteiger partial charge in [-0.15, -0.1) is 0 Å². The van der Waals surface area contributed by atoms with Gasteiger partial charge < -0.3 is 24.8 Å². The van der Waals surface area contributed by atoms with Gasteiger partial charge in [0.05, 0.1) is 11.8 Å². The number of hydrogen-bond acceptors (Lipinski definition) is 9. The van der Waals surface area contributed by atoms with Crippen LogP contribution in [-0.2, 0) is 30.3 Å². The molecular formula is C35H47NO8. The fourth-order valence-electron chi connectivity index (χ4n) is 8.88. The van der Waals surface area contributed by atoms with Gasteiger partial charge in [0.1, 0.15) is 29.0 Å². The highest BCUT2D eigenvalue weighted by Gasteiger charge is 2.81. The molecule has 8 atom stereocenters. The maximum atomic E-state index is 13.2. The van der Waals surface area contributed by atoms with Crippen molar-refractivity contribution in [1.82, 2.24) is 4.98 Å². The Bertz CT molecular complexity index is 1390. The lowest BCUT2D eigenvalue weighted by Gasteiger charge is -2.67. The van der Waals surface area contributed by atoms with E-state index in [0.29, 0.717) is 19.3 Å². The fraction of sp³-hybridized carbons (Fsp3) is 0.657. The second kappa shape index (κ2) is 11.2. The van der Waals surface area contributed by atoms with Crippen LogP contribution in [0.3, 0.4) is 0 Å². The molecular weight excluding hydrogens is 562 g/mol. The van der Waals surface area contributed by atoms with Crippen molar-refractivity contribution in [3.63, 3.8) is 0 Å². The van der Waals surface area contributed by atoms with Gasteiger partial charge in [-0.3, -0.25) is 14.6 Å². The minimum absolute atomic E-state index is 0.0179. The summed E-state index contributed by atoms with van der Waals surface area (Å²) in [5.41, 5.74) is -5.14. The van der Waals surface area contributed by atoms with Crippen molar-refractivity contribution in [2.24, 2.45) is 22.7 Å². The third kappa shape index (κ3) is 4.77. The summed E-state index contributed by atoms with van der Waals surface area (Å²) in [5, 5.41) is 37.1. The van der Waals surface area contributed by atoms with Crippen LogP contribution < -0.4 is 0 Å². The van der Waals surface area contributed by atoms with E-state index in [0.717, 1.165) is 16.7 Å². The van der Waals surface area contributed by atoms with Gasteiger partial charge in [0, 0.05) is 30.8 Å². The van der Waals surface area contributed by atoms with Crippen molar-refractivity contribution in [1.29, 1.82) is 0 Å². The van der Waals surface area contributed by atoms with Crippen molar-refractivity contribution >= 4 is 17.7 Å². The number of aliphatic hydroxyl groups is 3. The number of pyridine rings is 1. The summed E-state index contributed by atoms with van der Waals surface area (Å²) in [5.74, 6) is -1.86. The summed E-state index contributed by atoms with van der Waals surface area (Å²) in [4.78, 5) is 43.0. The first-order valence-electron chi connectivity index (χ1n) is 15.9. The molecule has 4 aliphatic rings. The Hall–Kier alpha value is -2.88. The molecule has 3 saturated carbocycles. The molecule has 0 spiro atoms. The van der Waals surface area contributed by atoms with E-state index < -0.39 is 51.4 Å². The number of hydrogen-bond donors (Lipinski definition) is 3. The van der Waals surface area contributed by atoms with E-state index in [1.807, 2.05) is 26.8 Å². The van der Waals surface area contributed by atoms with Gasteiger partial charge in [-0.1, -0.05) is 38.0 Å². The summed E-state index contributed by atoms with van der Waals surface area (Å²) < 4.78 is 12.0. The van der Waals surface area contributed by atoms with E-state index in [9.17, 15) is 29.7 Å². The smallest absolute Gasteiger partial charge is 0.330 e. The summed E-state index contributed by atoms with van der Waals surface area (Å²) in [6.45, 7) is 10.7. The van der Waals surface area contributed by atoms with Crippen LogP contribution in [0.25, 0.3) is 0 Å². The number of nitrogens with zero attached hydrogens (tertiary/aromatic N) is 1. The van der Waals surface area contributed by atoms with Crippen LogP contribution in [0.4, 0.5) is 0 Å². The molecule has 4 aliphatic carbocycles. The monoisotopic (exact) mass is 609 g/mol. The minimum atomic E-state index is -1.99. The Morgan fingerprint density at radius 2 is 1.73 bits per heavy atom. The average molecular weight is 610 g/mol. The standard InChI is InChI=1S/C35H47NO8/c1-21(2)22(3)17-29(38)44-28-20-27-31(5)11-8-26(43-30(39)18-24-9-15-36-16-10-24)19-25(31)7-12-34(27,41)35(42)14-13-33(40,23(4)37)32(28,35)6/h7,9-10,15-17,21,26-28,40-42H,8,11-14,18-20H2,1-6H3/b22-17+/t26-,27?,28+,31-,32+,33+,34-,35+/m0/s1. The Labute approximate surface area is 259 Å². The molecule has 3 N–H and O–H groups in total. The van der Waals surface area contributed by atoms with Crippen LogP contribution in [0, 0.1) is 22.7 Å². The number of esters is 2. The molecule has 44 heavy (non-hydrogen) atoms. The van der Waals surface area contributed by atoms with E-state index in [2.05, 4.69) is 11.9 Å². The maximum absolute atomic E-state index is 13.2. The number of carbonyl (C=O) groups is 3. The summed E-state index contributed by atoms with van der Waals surface area (Å²) >= 11 is 0. The van der Waals surface area contributed by atoms with Gasteiger partial charge in [-0.2, -0.15) is 0 Å². The van der Waals surface area contributed by atoms with E-state index in [1.54, 1.807) is 31.5 Å². The molecule has 1 heterocycles. The lowest BCUT2D eigenvalue weighted by Crippen LogP contribution is -2.78. The molecule has 0 radical (unpaired) electrons. The molecule has 1 unspecified atom stereocenters. The number of aromatic nitrogens is 1. The molecule has 0 aliphatic heterocycles. The van der Waals surface area contributed by atoms with Crippen LogP contribution in [0.2, 0.25) is 0 Å². The molecule has 3 fully saturated rings. The van der Waals surface area contributed by atoms with E-state index in [1.165, 1.54) is 13.0 Å². The zero-order valence-electron chi connectivity index (χ0n) is 26.8. The number of ether oxygens (including phenoxy) is 2. The molecule has 9 nitrogen and oxygen atoms in total. The van der Waals surface area contributed by atoms with Gasteiger partial charge in [-0.05, 0) is 88.3 Å². The quantitative estimate of drug-likeness (QED) is 0.236. The van der Waals surface area contributed by atoms with Gasteiger partial charge in [0.15, 0.2) is 5.78 Å². The third-order valence-corrected chi connectivity index (χ3v) is 12.0. The lowest BCUT2D eigenvalue weighted by molar-refractivity contribution is -0.314. The highest BCUT2D eigenvalue weighted by molar-refractivity contribution is 5.87. The SMILES string of the molecule is CC(=O)[C@]1(O)CC[C@@]2(O)[C@]1(C)[C@H](OC(=O)/C=C(\C)C(C)C)CC1[C@@]3(C)CC[C@H](OC(=O)Cc4ccncc4)CC3=CC[C@]12O. The van der Waals surface area contributed by atoms with Crippen molar-refractivity contribution in [2.75, 3.05) is 0 Å². The normalized spacial score (nSPS) is 39.9. The molecule has 0 amide bonds. The number of fused-ring (bicyclic) bond motifs is 5. The summed E-state index contributed by atoms with van der Waals surface area (Å²) in [6.07, 6.45) is 7.28. The first kappa shape index (κ1) is 32.5. The highest BCUT2D eigenvalue weighted by atomic mass is 16.6. The average Bonchev–Trinajstić information content (AvgIpc) is 3.19. The Morgan fingerprint density at radius 3 is 2.36 bits per heavy atom. The largest absolute Gasteiger partial charge is 0.462 e. The van der Waals surface area contributed by atoms with Gasteiger partial charge in [0.2, 0.25) is 0 Å². The predicted octanol–water partition coefficient (Wildman–Crippen LogP) is 4.17. The topological polar surface area (TPSA) is 143 Å². The first-order valence-corrected chi connectivity index (χ1v) is 15.9. The molecule has 9 heteroatoms. The second-order valence-corrected chi connectivity index (χ2v) is 14.4. The van der Waals surface area contributed by atoms with Crippen molar-refractivity contribution in [3.05, 3.63) is 53.4 Å². The van der Waals surface area contributed by atoms with Gasteiger partial charge >= 0.3 is 11.9 Å². The lowest BCUT2D eigenvalue weighted by atomic mass is 9.42. The van der Waals surface area contributed by atoms with Gasteiger partial charge in [-0.25, -0.2) is 4.79 Å². The third-order valence-electron chi connectivity index (χ3n) is 12.0. The molecule has 0 aromatic carbocycles. The zero-order valence-corrected chi connectivity index (χ0v) is 26.8. The minimum Gasteiger partial charge on any atom is -0.462 e. The number of allylic oxidation sites excluding steroid dienone is 1. The number of rotatable bonds is 7. The van der Waals surface area contributed by atoms with Crippen LogP contribution in [0.15, 0.2) is 47.8 Å². The molecule has 0 saturated heterocycles.